The Labute approximate surface area is 55.6 Å². The van der Waals surface area contributed by atoms with E-state index in [0.717, 1.165) is 0 Å². The zero-order valence-electron chi connectivity index (χ0n) is 5.00. The minimum atomic E-state index is -4.38. The van der Waals surface area contributed by atoms with E-state index in [1.54, 1.807) is 0 Å². The van der Waals surface area contributed by atoms with Crippen LogP contribution >= 0.6 is 0 Å². The Morgan fingerprint density at radius 2 is 1.90 bits per heavy atom. The number of alkyl halides is 3. The zero-order valence-corrected chi connectivity index (χ0v) is 5.00. The van der Waals surface area contributed by atoms with E-state index in [4.69, 9.17) is 5.26 Å². The third kappa shape index (κ3) is 0.762. The van der Waals surface area contributed by atoms with Gasteiger partial charge in [0.15, 0.2) is 5.41 Å². The minimum Gasteiger partial charge on any atom is -0.313 e. The molecule has 1 rings (SSSR count). The number of nitrogens with zero attached hydrogens (tertiary/aromatic N) is 1. The van der Waals surface area contributed by atoms with Crippen molar-refractivity contribution in [3.63, 3.8) is 0 Å². The van der Waals surface area contributed by atoms with E-state index in [-0.39, 0.29) is 13.1 Å². The second kappa shape index (κ2) is 1.86. The molecule has 1 fully saturated rings. The summed E-state index contributed by atoms with van der Waals surface area (Å²) in [4.78, 5) is 0. The monoisotopic (exact) mass is 150 g/mol. The molecule has 0 bridgehead atoms. The fraction of sp³-hybridized carbons (Fsp3) is 0.800. The van der Waals surface area contributed by atoms with Crippen molar-refractivity contribution in [2.75, 3.05) is 13.1 Å². The highest BCUT2D eigenvalue weighted by Crippen LogP contribution is 2.40. The van der Waals surface area contributed by atoms with E-state index in [2.05, 4.69) is 5.32 Å². The van der Waals surface area contributed by atoms with Crippen molar-refractivity contribution in [3.05, 3.63) is 0 Å². The molecule has 56 valence electrons. The number of hydrogen-bond donors (Lipinski definition) is 1. The van der Waals surface area contributed by atoms with Gasteiger partial charge in [-0.25, -0.2) is 0 Å². The van der Waals surface area contributed by atoms with E-state index in [0.29, 0.717) is 0 Å². The second-order valence-electron chi connectivity index (χ2n) is 2.30. The van der Waals surface area contributed by atoms with Crippen molar-refractivity contribution in [2.24, 2.45) is 5.41 Å². The molecule has 0 aromatic rings. The van der Waals surface area contributed by atoms with E-state index >= 15 is 0 Å². The fourth-order valence-electron chi connectivity index (χ4n) is 0.718. The molecular weight excluding hydrogens is 145 g/mol. The van der Waals surface area contributed by atoms with E-state index in [1.807, 2.05) is 0 Å². The predicted octanol–water partition coefficient (Wildman–Crippen LogP) is 0.662. The first-order valence-electron chi connectivity index (χ1n) is 2.70. The summed E-state index contributed by atoms with van der Waals surface area (Å²) in [6.45, 7) is -0.542. The average Bonchev–Trinajstić information content (AvgIpc) is 1.58. The Morgan fingerprint density at radius 1 is 1.40 bits per heavy atom. The highest BCUT2D eigenvalue weighted by Gasteiger charge is 2.59. The molecule has 0 aromatic carbocycles. The van der Waals surface area contributed by atoms with Crippen molar-refractivity contribution in [3.8, 4) is 6.07 Å². The predicted molar refractivity (Wildman–Crippen MR) is 27.0 cm³/mol. The third-order valence-electron chi connectivity index (χ3n) is 1.61. The second-order valence-corrected chi connectivity index (χ2v) is 2.30. The van der Waals surface area contributed by atoms with E-state index < -0.39 is 11.6 Å². The standard InChI is InChI=1S/C5H5F3N2/c6-5(7,8)4(1-9)2-10-3-4/h10H,2-3H2. The van der Waals surface area contributed by atoms with Gasteiger partial charge in [0.05, 0.1) is 6.07 Å². The molecule has 0 aliphatic carbocycles. The molecule has 1 heterocycles. The topological polar surface area (TPSA) is 35.8 Å². The summed E-state index contributed by atoms with van der Waals surface area (Å²) in [6, 6.07) is 1.27. The van der Waals surface area contributed by atoms with Crippen molar-refractivity contribution in [2.45, 2.75) is 6.18 Å². The first-order chi connectivity index (χ1) is 4.52. The number of halogens is 3. The molecule has 1 N–H and O–H groups in total. The zero-order chi connectivity index (χ0) is 7.83. The first-order valence-corrected chi connectivity index (χ1v) is 2.70. The Hall–Kier alpha value is -0.760. The molecule has 1 saturated heterocycles. The Kier molecular flexibility index (Phi) is 1.37. The molecule has 0 amide bonds. The fourth-order valence-corrected chi connectivity index (χ4v) is 0.718. The van der Waals surface area contributed by atoms with Crippen LogP contribution in [0.4, 0.5) is 13.2 Å². The molecular formula is C5H5F3N2. The summed E-state index contributed by atoms with van der Waals surface area (Å²) in [5, 5.41) is 10.6. The Balaban J connectivity index is 2.77. The van der Waals surface area contributed by atoms with Gasteiger partial charge in [-0.05, 0) is 0 Å². The number of nitriles is 1. The maximum absolute atomic E-state index is 11.9. The minimum absolute atomic E-state index is 0.271. The third-order valence-corrected chi connectivity index (χ3v) is 1.61. The van der Waals surface area contributed by atoms with Gasteiger partial charge in [0, 0.05) is 13.1 Å². The summed E-state index contributed by atoms with van der Waals surface area (Å²) in [5.74, 6) is 0. The van der Waals surface area contributed by atoms with Gasteiger partial charge < -0.3 is 5.32 Å². The molecule has 0 saturated carbocycles. The van der Waals surface area contributed by atoms with Crippen LogP contribution in [-0.2, 0) is 0 Å². The van der Waals surface area contributed by atoms with Crippen LogP contribution in [-0.4, -0.2) is 19.3 Å². The van der Waals surface area contributed by atoms with Crippen LogP contribution in [0.15, 0.2) is 0 Å². The van der Waals surface area contributed by atoms with Crippen LogP contribution in [0.5, 0.6) is 0 Å². The van der Waals surface area contributed by atoms with Gasteiger partial charge in [-0.1, -0.05) is 0 Å². The van der Waals surface area contributed by atoms with Gasteiger partial charge in [0.2, 0.25) is 0 Å². The number of nitrogens with one attached hydrogen (secondary N) is 1. The normalized spacial score (nSPS) is 23.0. The average molecular weight is 150 g/mol. The number of rotatable bonds is 0. The van der Waals surface area contributed by atoms with Gasteiger partial charge in [-0.15, -0.1) is 0 Å². The smallest absolute Gasteiger partial charge is 0.313 e. The Morgan fingerprint density at radius 3 is 1.90 bits per heavy atom. The molecule has 0 spiro atoms. The highest BCUT2D eigenvalue weighted by molar-refractivity contribution is 5.12. The van der Waals surface area contributed by atoms with Gasteiger partial charge in [0.1, 0.15) is 0 Å². The summed E-state index contributed by atoms with van der Waals surface area (Å²) >= 11 is 0. The molecule has 5 heteroatoms. The van der Waals surface area contributed by atoms with Gasteiger partial charge >= 0.3 is 6.18 Å². The van der Waals surface area contributed by atoms with Crippen molar-refractivity contribution in [1.29, 1.82) is 5.26 Å². The van der Waals surface area contributed by atoms with Gasteiger partial charge in [-0.2, -0.15) is 18.4 Å². The van der Waals surface area contributed by atoms with Crippen LogP contribution in [0.25, 0.3) is 0 Å². The van der Waals surface area contributed by atoms with Gasteiger partial charge in [-0.3, -0.25) is 0 Å². The maximum Gasteiger partial charge on any atom is 0.409 e. The lowest BCUT2D eigenvalue weighted by molar-refractivity contribution is -0.216. The van der Waals surface area contributed by atoms with Crippen LogP contribution in [0.1, 0.15) is 0 Å². The Bertz CT molecular complexity index is 174. The quantitative estimate of drug-likeness (QED) is 0.550. The van der Waals surface area contributed by atoms with Crippen molar-refractivity contribution in [1.82, 2.24) is 5.32 Å². The van der Waals surface area contributed by atoms with E-state index in [1.165, 1.54) is 6.07 Å². The van der Waals surface area contributed by atoms with Gasteiger partial charge in [0.25, 0.3) is 0 Å². The van der Waals surface area contributed by atoms with E-state index in [9.17, 15) is 13.2 Å². The lowest BCUT2D eigenvalue weighted by Crippen LogP contribution is -2.60. The molecule has 0 aromatic heterocycles. The maximum atomic E-state index is 11.9. The number of hydrogen-bond acceptors (Lipinski definition) is 2. The van der Waals surface area contributed by atoms with Crippen LogP contribution < -0.4 is 5.32 Å². The molecule has 2 nitrogen and oxygen atoms in total. The molecule has 0 radical (unpaired) electrons. The molecule has 10 heavy (non-hydrogen) atoms. The summed E-state index contributed by atoms with van der Waals surface area (Å²) in [7, 11) is 0. The van der Waals surface area contributed by atoms with Crippen LogP contribution in [0, 0.1) is 16.7 Å². The molecule has 0 atom stereocenters. The summed E-state index contributed by atoms with van der Waals surface area (Å²) < 4.78 is 35.7. The SMILES string of the molecule is N#CC1(C(F)(F)F)CNC1. The van der Waals surface area contributed by atoms with Crippen LogP contribution in [0.2, 0.25) is 0 Å². The van der Waals surface area contributed by atoms with Crippen molar-refractivity contribution >= 4 is 0 Å². The molecule has 1 aliphatic heterocycles. The molecule has 1 aliphatic rings. The van der Waals surface area contributed by atoms with Crippen molar-refractivity contribution < 1.29 is 13.2 Å². The highest BCUT2D eigenvalue weighted by atomic mass is 19.4. The van der Waals surface area contributed by atoms with Crippen LogP contribution in [0.3, 0.4) is 0 Å². The summed E-state index contributed by atoms with van der Waals surface area (Å²) in [6.07, 6.45) is -4.38. The summed E-state index contributed by atoms with van der Waals surface area (Å²) in [5.41, 5.74) is -2.10. The molecule has 0 unspecified atom stereocenters. The first kappa shape index (κ1) is 7.35. The largest absolute Gasteiger partial charge is 0.409 e. The lowest BCUT2D eigenvalue weighted by Gasteiger charge is -2.37. The lowest BCUT2D eigenvalue weighted by atomic mass is 9.83.